The zero-order chi connectivity index (χ0) is 11.8. The van der Waals surface area contributed by atoms with E-state index < -0.39 is 0 Å². The number of benzene rings is 1. The average molecular weight is 268 g/mol. The highest BCUT2D eigenvalue weighted by atomic mass is 35.5. The Balaban J connectivity index is 1.90. The largest absolute Gasteiger partial charge is 0.345 e. The molecule has 0 N–H and O–H groups in total. The van der Waals surface area contributed by atoms with Crippen molar-refractivity contribution in [2.45, 2.75) is 0 Å². The Kier molecular flexibility index (Phi) is 2.94. The van der Waals surface area contributed by atoms with E-state index in [9.17, 15) is 0 Å². The number of anilines is 1. The summed E-state index contributed by atoms with van der Waals surface area (Å²) in [6.07, 6.45) is 0. The molecule has 1 aromatic carbocycles. The third-order valence-electron chi connectivity index (χ3n) is 3.11. The fourth-order valence-electron chi connectivity index (χ4n) is 2.02. The molecular weight excluding hydrogens is 254 g/mol. The van der Waals surface area contributed by atoms with Crippen molar-refractivity contribution in [3.63, 3.8) is 0 Å². The highest BCUT2D eigenvalue weighted by Gasteiger charge is 2.17. The van der Waals surface area contributed by atoms with E-state index in [1.54, 1.807) is 11.3 Å². The van der Waals surface area contributed by atoms with Crippen LogP contribution >= 0.6 is 22.9 Å². The Morgan fingerprint density at radius 3 is 2.76 bits per heavy atom. The Morgan fingerprint density at radius 2 is 2.00 bits per heavy atom. The second-order valence-corrected chi connectivity index (χ2v) is 5.84. The number of thiazole rings is 1. The number of rotatable bonds is 1. The van der Waals surface area contributed by atoms with Crippen LogP contribution in [0.15, 0.2) is 18.2 Å². The van der Waals surface area contributed by atoms with Gasteiger partial charge in [-0.3, -0.25) is 0 Å². The lowest BCUT2D eigenvalue weighted by molar-refractivity contribution is 0.313. The number of fused-ring (bicyclic) bond motifs is 1. The molecule has 1 saturated heterocycles. The van der Waals surface area contributed by atoms with Gasteiger partial charge in [0.2, 0.25) is 0 Å². The first-order chi connectivity index (χ1) is 8.22. The lowest BCUT2D eigenvalue weighted by atomic mass is 10.3. The van der Waals surface area contributed by atoms with E-state index in [2.05, 4.69) is 21.8 Å². The summed E-state index contributed by atoms with van der Waals surface area (Å²) in [6.45, 7) is 4.33. The molecule has 2 aromatic rings. The molecule has 90 valence electrons. The minimum absolute atomic E-state index is 0.783. The van der Waals surface area contributed by atoms with Crippen molar-refractivity contribution >= 4 is 38.3 Å². The maximum absolute atomic E-state index is 5.99. The molecular formula is C12H14ClN3S. The summed E-state index contributed by atoms with van der Waals surface area (Å²) in [4.78, 5) is 9.38. The topological polar surface area (TPSA) is 19.4 Å². The van der Waals surface area contributed by atoms with Gasteiger partial charge < -0.3 is 9.80 Å². The van der Waals surface area contributed by atoms with Gasteiger partial charge in [0.1, 0.15) is 0 Å². The van der Waals surface area contributed by atoms with Gasteiger partial charge in [0.05, 0.1) is 10.2 Å². The first-order valence-electron chi connectivity index (χ1n) is 5.72. The number of piperazine rings is 1. The molecule has 3 nitrogen and oxygen atoms in total. The maximum atomic E-state index is 5.99. The quantitative estimate of drug-likeness (QED) is 0.792. The molecule has 1 aromatic heterocycles. The van der Waals surface area contributed by atoms with E-state index in [1.165, 1.54) is 4.70 Å². The fourth-order valence-corrected chi connectivity index (χ4v) is 3.31. The maximum Gasteiger partial charge on any atom is 0.186 e. The van der Waals surface area contributed by atoms with E-state index in [0.717, 1.165) is 41.8 Å². The molecule has 0 saturated carbocycles. The van der Waals surface area contributed by atoms with Crippen LogP contribution in [-0.4, -0.2) is 43.1 Å². The van der Waals surface area contributed by atoms with Crippen LogP contribution in [0, 0.1) is 0 Å². The lowest BCUT2D eigenvalue weighted by Crippen LogP contribution is -2.44. The summed E-state index contributed by atoms with van der Waals surface area (Å²) in [5.74, 6) is 0. The minimum atomic E-state index is 0.783. The summed E-state index contributed by atoms with van der Waals surface area (Å²) in [5.41, 5.74) is 1.05. The molecule has 1 fully saturated rings. The number of hydrogen-bond acceptors (Lipinski definition) is 4. The van der Waals surface area contributed by atoms with Crippen molar-refractivity contribution in [1.82, 2.24) is 9.88 Å². The molecule has 0 radical (unpaired) electrons. The Hall–Kier alpha value is -0.840. The van der Waals surface area contributed by atoms with Crippen LogP contribution in [0.2, 0.25) is 5.02 Å². The Morgan fingerprint density at radius 1 is 1.24 bits per heavy atom. The molecule has 2 heterocycles. The molecule has 0 atom stereocenters. The first-order valence-corrected chi connectivity index (χ1v) is 6.91. The summed E-state index contributed by atoms with van der Waals surface area (Å²) in [5, 5.41) is 1.90. The van der Waals surface area contributed by atoms with Crippen molar-refractivity contribution in [3.05, 3.63) is 23.2 Å². The molecule has 5 heteroatoms. The molecule has 3 rings (SSSR count). The van der Waals surface area contributed by atoms with Gasteiger partial charge >= 0.3 is 0 Å². The van der Waals surface area contributed by atoms with E-state index in [-0.39, 0.29) is 0 Å². The van der Waals surface area contributed by atoms with Crippen molar-refractivity contribution in [1.29, 1.82) is 0 Å². The predicted octanol–water partition coefficient (Wildman–Crippen LogP) is 2.70. The van der Waals surface area contributed by atoms with E-state index in [1.807, 2.05) is 18.2 Å². The fraction of sp³-hybridized carbons (Fsp3) is 0.417. The highest BCUT2D eigenvalue weighted by Crippen LogP contribution is 2.30. The van der Waals surface area contributed by atoms with Crippen molar-refractivity contribution < 1.29 is 0 Å². The van der Waals surface area contributed by atoms with Crippen LogP contribution in [-0.2, 0) is 0 Å². The Bertz CT molecular complexity index is 532. The molecule has 17 heavy (non-hydrogen) atoms. The summed E-state index contributed by atoms with van der Waals surface area (Å²) in [6, 6.07) is 5.89. The molecule has 0 bridgehead atoms. The molecule has 1 aliphatic rings. The minimum Gasteiger partial charge on any atom is -0.345 e. The molecule has 0 aliphatic carbocycles. The van der Waals surface area contributed by atoms with Crippen LogP contribution in [0.4, 0.5) is 5.13 Å². The second-order valence-electron chi connectivity index (χ2n) is 4.40. The van der Waals surface area contributed by atoms with E-state index in [4.69, 9.17) is 11.6 Å². The third-order valence-corrected chi connectivity index (χ3v) is 4.43. The van der Waals surface area contributed by atoms with E-state index in [0.29, 0.717) is 0 Å². The van der Waals surface area contributed by atoms with Crippen molar-refractivity contribution in [2.24, 2.45) is 0 Å². The van der Waals surface area contributed by atoms with Gasteiger partial charge in [-0.15, -0.1) is 0 Å². The van der Waals surface area contributed by atoms with Crippen molar-refractivity contribution in [3.8, 4) is 0 Å². The van der Waals surface area contributed by atoms with Gasteiger partial charge in [-0.2, -0.15) is 0 Å². The van der Waals surface area contributed by atoms with Gasteiger partial charge in [-0.25, -0.2) is 4.98 Å². The Labute approximate surface area is 110 Å². The normalized spacial score (nSPS) is 17.9. The van der Waals surface area contributed by atoms with Gasteiger partial charge in [-0.05, 0) is 25.2 Å². The SMILES string of the molecule is CN1CCN(c2nc3ccc(Cl)cc3s2)CC1. The zero-order valence-corrected chi connectivity index (χ0v) is 11.3. The predicted molar refractivity (Wildman–Crippen MR) is 74.3 cm³/mol. The molecule has 0 amide bonds. The van der Waals surface area contributed by atoms with Gasteiger partial charge in [0.15, 0.2) is 5.13 Å². The number of likely N-dealkylation sites (N-methyl/N-ethyl adjacent to an activating group) is 1. The van der Waals surface area contributed by atoms with Gasteiger partial charge in [-0.1, -0.05) is 22.9 Å². The van der Waals surface area contributed by atoms with E-state index >= 15 is 0 Å². The number of halogens is 1. The number of hydrogen-bond donors (Lipinski definition) is 0. The number of aromatic nitrogens is 1. The molecule has 1 aliphatic heterocycles. The summed E-state index contributed by atoms with van der Waals surface area (Å²) < 4.78 is 1.17. The zero-order valence-electron chi connectivity index (χ0n) is 9.69. The second kappa shape index (κ2) is 4.44. The smallest absolute Gasteiger partial charge is 0.186 e. The van der Waals surface area contributed by atoms with Crippen LogP contribution in [0.25, 0.3) is 10.2 Å². The van der Waals surface area contributed by atoms with Crippen LogP contribution in [0.1, 0.15) is 0 Å². The van der Waals surface area contributed by atoms with Gasteiger partial charge in [0.25, 0.3) is 0 Å². The molecule has 0 spiro atoms. The monoisotopic (exact) mass is 267 g/mol. The third kappa shape index (κ3) is 2.25. The lowest BCUT2D eigenvalue weighted by Gasteiger charge is -2.31. The number of nitrogens with zero attached hydrogens (tertiary/aromatic N) is 3. The first kappa shape index (κ1) is 11.3. The van der Waals surface area contributed by atoms with Crippen LogP contribution in [0.5, 0.6) is 0 Å². The van der Waals surface area contributed by atoms with Gasteiger partial charge in [0, 0.05) is 31.2 Å². The average Bonchev–Trinajstić information content (AvgIpc) is 2.72. The van der Waals surface area contributed by atoms with Crippen LogP contribution in [0.3, 0.4) is 0 Å². The highest BCUT2D eigenvalue weighted by molar-refractivity contribution is 7.22. The molecule has 0 unspecified atom stereocenters. The standard InChI is InChI=1S/C12H14ClN3S/c1-15-4-6-16(7-5-15)12-14-10-3-2-9(13)8-11(10)17-12/h2-3,8H,4-7H2,1H3. The summed E-state index contributed by atoms with van der Waals surface area (Å²) >= 11 is 7.72. The summed E-state index contributed by atoms with van der Waals surface area (Å²) in [7, 11) is 2.16. The van der Waals surface area contributed by atoms with Crippen LogP contribution < -0.4 is 4.90 Å². The van der Waals surface area contributed by atoms with Crippen molar-refractivity contribution in [2.75, 3.05) is 38.1 Å².